The van der Waals surface area contributed by atoms with Gasteiger partial charge in [-0.25, -0.2) is 0 Å². The highest BCUT2D eigenvalue weighted by Gasteiger charge is 2.35. The molecule has 176 valence electrons. The maximum atomic E-state index is 13.2. The Bertz CT molecular complexity index is 1130. The Morgan fingerprint density at radius 3 is 2.52 bits per heavy atom. The first kappa shape index (κ1) is 25.0. The molecule has 2 aliphatic rings. The first-order valence-electron chi connectivity index (χ1n) is 10.6. The molecule has 1 amide bonds. The number of hydrogen-bond donors (Lipinski definition) is 1. The largest absolute Gasteiger partial charge is 0.480 e. The molecule has 11 heteroatoms. The van der Waals surface area contributed by atoms with Crippen LogP contribution in [0.25, 0.3) is 6.08 Å². The van der Waals surface area contributed by atoms with Gasteiger partial charge in [0, 0.05) is 25.2 Å². The number of thioether (sulfide) groups is 1. The Morgan fingerprint density at radius 2 is 1.97 bits per heavy atom. The number of hydrogen-bond acceptors (Lipinski definition) is 8. The quantitative estimate of drug-likeness (QED) is 0.474. The van der Waals surface area contributed by atoms with Gasteiger partial charge in [0.25, 0.3) is 11.5 Å². The molecule has 33 heavy (non-hydrogen) atoms. The molecule has 2 atom stereocenters. The molecular weight excluding hydrogens is 464 g/mol. The number of carbonyl (C=O) groups is 2. The average Bonchev–Trinajstić information content (AvgIpc) is 2.98. The summed E-state index contributed by atoms with van der Waals surface area (Å²) in [6.45, 7) is 8.52. The van der Waals surface area contributed by atoms with Crippen LogP contribution in [0.4, 0.5) is 5.82 Å². The Labute approximate surface area is 201 Å². The summed E-state index contributed by atoms with van der Waals surface area (Å²) in [5, 5.41) is 18.8. The van der Waals surface area contributed by atoms with E-state index in [1.54, 1.807) is 17.6 Å². The number of ether oxygens (including phenoxy) is 1. The van der Waals surface area contributed by atoms with Crippen LogP contribution >= 0.6 is 24.0 Å². The van der Waals surface area contributed by atoms with Crippen LogP contribution in [0.3, 0.4) is 0 Å². The van der Waals surface area contributed by atoms with Gasteiger partial charge < -0.3 is 14.7 Å². The Hall–Kier alpha value is -2.68. The number of aliphatic carboxylic acids is 1. The first-order valence-corrected chi connectivity index (χ1v) is 11.9. The molecule has 1 aromatic rings. The molecular formula is C22H26N4O5S2. The zero-order valence-corrected chi connectivity index (χ0v) is 20.6. The number of pyridine rings is 1. The molecule has 2 aliphatic heterocycles. The van der Waals surface area contributed by atoms with E-state index >= 15 is 0 Å². The minimum Gasteiger partial charge on any atom is -0.480 e. The standard InChI is InChI=1S/C22H26N4O5S2/c1-5-6-25-19(24-9-12(2)31-13(3)10-24)15(14(4)16(8-23)20(25)29)7-17-21(30)26(11-18(27)28)22(32)33-17/h7,12-13H,5-6,9-11H2,1-4H3,(H,27,28). The van der Waals surface area contributed by atoms with Crippen molar-refractivity contribution in [2.45, 2.75) is 52.9 Å². The maximum Gasteiger partial charge on any atom is 0.323 e. The predicted molar refractivity (Wildman–Crippen MR) is 130 cm³/mol. The number of nitrogens with zero attached hydrogens (tertiary/aromatic N) is 4. The predicted octanol–water partition coefficient (Wildman–Crippen LogP) is 2.34. The van der Waals surface area contributed by atoms with Gasteiger partial charge in [-0.2, -0.15) is 5.26 Å². The van der Waals surface area contributed by atoms with E-state index in [2.05, 4.69) is 4.90 Å². The number of amides is 1. The van der Waals surface area contributed by atoms with E-state index in [0.29, 0.717) is 43.0 Å². The fourth-order valence-electron chi connectivity index (χ4n) is 4.17. The number of anilines is 1. The molecule has 1 N–H and O–H groups in total. The topological polar surface area (TPSA) is 116 Å². The van der Waals surface area contributed by atoms with Crippen LogP contribution in [-0.2, 0) is 20.9 Å². The van der Waals surface area contributed by atoms with Gasteiger partial charge >= 0.3 is 5.97 Å². The van der Waals surface area contributed by atoms with E-state index in [4.69, 9.17) is 22.1 Å². The summed E-state index contributed by atoms with van der Waals surface area (Å²) in [4.78, 5) is 40.6. The fourth-order valence-corrected chi connectivity index (χ4v) is 5.41. The molecule has 1 aromatic heterocycles. The van der Waals surface area contributed by atoms with Gasteiger partial charge in [-0.1, -0.05) is 30.9 Å². The van der Waals surface area contributed by atoms with Gasteiger partial charge in [0.05, 0.1) is 17.1 Å². The third-order valence-electron chi connectivity index (χ3n) is 5.46. The van der Waals surface area contributed by atoms with E-state index in [1.807, 2.05) is 26.8 Å². The lowest BCUT2D eigenvalue weighted by Gasteiger charge is -2.39. The number of thiocarbonyl (C=S) groups is 1. The number of carbonyl (C=O) groups excluding carboxylic acids is 1. The van der Waals surface area contributed by atoms with E-state index in [-0.39, 0.29) is 32.6 Å². The minimum absolute atomic E-state index is 0.0221. The van der Waals surface area contributed by atoms with Gasteiger partial charge in [-0.15, -0.1) is 0 Å². The molecule has 0 spiro atoms. The van der Waals surface area contributed by atoms with Gasteiger partial charge in [0.2, 0.25) is 0 Å². The van der Waals surface area contributed by atoms with Crippen LogP contribution in [0.2, 0.25) is 0 Å². The van der Waals surface area contributed by atoms with E-state index in [9.17, 15) is 19.6 Å². The summed E-state index contributed by atoms with van der Waals surface area (Å²) in [6.07, 6.45) is 2.16. The minimum atomic E-state index is -1.16. The molecule has 0 saturated carbocycles. The number of carboxylic acids is 1. The molecule has 2 unspecified atom stereocenters. The number of carboxylic acid groups (broad SMARTS) is 1. The normalized spacial score (nSPS) is 22.2. The van der Waals surface area contributed by atoms with Crippen molar-refractivity contribution in [1.29, 1.82) is 5.26 Å². The second kappa shape index (κ2) is 10.1. The highest BCUT2D eigenvalue weighted by Crippen LogP contribution is 2.36. The van der Waals surface area contributed by atoms with E-state index < -0.39 is 18.4 Å². The third-order valence-corrected chi connectivity index (χ3v) is 6.83. The second-order valence-electron chi connectivity index (χ2n) is 8.13. The van der Waals surface area contributed by atoms with Crippen LogP contribution in [0.15, 0.2) is 9.70 Å². The van der Waals surface area contributed by atoms with Crippen molar-refractivity contribution in [1.82, 2.24) is 9.47 Å². The smallest absolute Gasteiger partial charge is 0.323 e. The summed E-state index contributed by atoms with van der Waals surface area (Å²) >= 11 is 6.23. The highest BCUT2D eigenvalue weighted by molar-refractivity contribution is 8.26. The first-order chi connectivity index (χ1) is 15.6. The van der Waals surface area contributed by atoms with Crippen molar-refractivity contribution < 1.29 is 19.4 Å². The molecule has 3 rings (SSSR count). The van der Waals surface area contributed by atoms with Crippen molar-refractivity contribution in [3.8, 4) is 6.07 Å². The molecule has 2 saturated heterocycles. The monoisotopic (exact) mass is 490 g/mol. The molecule has 0 aromatic carbocycles. The van der Waals surface area contributed by atoms with Crippen LogP contribution < -0.4 is 10.5 Å². The molecule has 0 radical (unpaired) electrons. The van der Waals surface area contributed by atoms with Crippen LogP contribution in [0.1, 0.15) is 43.9 Å². The van der Waals surface area contributed by atoms with Crippen molar-refractivity contribution in [3.05, 3.63) is 31.9 Å². The molecule has 2 fully saturated rings. The lowest BCUT2D eigenvalue weighted by atomic mass is 10.0. The summed E-state index contributed by atoms with van der Waals surface area (Å²) in [6, 6.07) is 2.02. The zero-order chi connectivity index (χ0) is 24.4. The Balaban J connectivity index is 2.25. The maximum absolute atomic E-state index is 13.2. The summed E-state index contributed by atoms with van der Waals surface area (Å²) < 4.78 is 7.62. The fraction of sp³-hybridized carbons (Fsp3) is 0.500. The summed E-state index contributed by atoms with van der Waals surface area (Å²) in [5.41, 5.74) is 0.708. The SMILES string of the molecule is CCCn1c(N2CC(C)OC(C)C2)c(C=C2SC(=S)N(CC(=O)O)C2=O)c(C)c(C#N)c1=O. The number of aromatic nitrogens is 1. The van der Waals surface area contributed by atoms with Crippen LogP contribution in [0.5, 0.6) is 0 Å². The van der Waals surface area contributed by atoms with Crippen molar-refractivity contribution >= 4 is 52.1 Å². The van der Waals surface area contributed by atoms with Gasteiger partial charge in [-0.3, -0.25) is 23.9 Å². The van der Waals surface area contributed by atoms with Crippen molar-refractivity contribution in [3.63, 3.8) is 0 Å². The van der Waals surface area contributed by atoms with Gasteiger partial charge in [0.15, 0.2) is 0 Å². The highest BCUT2D eigenvalue weighted by atomic mass is 32.2. The number of nitriles is 1. The van der Waals surface area contributed by atoms with E-state index in [1.165, 1.54) is 0 Å². The van der Waals surface area contributed by atoms with Crippen LogP contribution in [0, 0.1) is 18.3 Å². The third kappa shape index (κ3) is 4.98. The number of morpholine rings is 1. The Kier molecular flexibility index (Phi) is 7.62. The molecule has 9 nitrogen and oxygen atoms in total. The molecule has 0 aliphatic carbocycles. The van der Waals surface area contributed by atoms with Gasteiger partial charge in [0.1, 0.15) is 28.3 Å². The van der Waals surface area contributed by atoms with Crippen molar-refractivity contribution in [2.24, 2.45) is 0 Å². The molecule has 3 heterocycles. The second-order valence-corrected chi connectivity index (χ2v) is 9.81. The van der Waals surface area contributed by atoms with E-state index in [0.717, 1.165) is 16.7 Å². The van der Waals surface area contributed by atoms with Crippen molar-refractivity contribution in [2.75, 3.05) is 24.5 Å². The van der Waals surface area contributed by atoms with Crippen LogP contribution in [-0.4, -0.2) is 62.6 Å². The average molecular weight is 491 g/mol. The lowest BCUT2D eigenvalue weighted by Crippen LogP contribution is -2.48. The Morgan fingerprint density at radius 1 is 1.33 bits per heavy atom. The van der Waals surface area contributed by atoms with Gasteiger partial charge in [-0.05, 0) is 38.8 Å². The molecule has 0 bridgehead atoms. The lowest BCUT2D eigenvalue weighted by molar-refractivity contribution is -0.140. The summed E-state index contributed by atoms with van der Waals surface area (Å²) in [7, 11) is 0. The zero-order valence-electron chi connectivity index (χ0n) is 19.0. The summed E-state index contributed by atoms with van der Waals surface area (Å²) in [5.74, 6) is -1.04. The number of rotatable bonds is 6.